The van der Waals surface area contributed by atoms with Crippen molar-refractivity contribution in [3.63, 3.8) is 0 Å². The van der Waals surface area contributed by atoms with Crippen LogP contribution in [0.5, 0.6) is 11.6 Å². The zero-order valence-electron chi connectivity index (χ0n) is 13.3. The molecule has 1 aliphatic rings. The van der Waals surface area contributed by atoms with Crippen LogP contribution >= 0.6 is 0 Å². The highest BCUT2D eigenvalue weighted by Gasteiger charge is 2.18. The van der Waals surface area contributed by atoms with Gasteiger partial charge in [-0.15, -0.1) is 0 Å². The van der Waals surface area contributed by atoms with Crippen LogP contribution in [0, 0.1) is 0 Å². The van der Waals surface area contributed by atoms with E-state index < -0.39 is 6.09 Å². The fourth-order valence-electron chi connectivity index (χ4n) is 2.14. The number of primary amides is 1. The van der Waals surface area contributed by atoms with E-state index in [2.05, 4.69) is 22.7 Å². The first-order chi connectivity index (χ1) is 11.2. The molecule has 0 atom stereocenters. The predicted molar refractivity (Wildman–Crippen MR) is 87.7 cm³/mol. The first-order valence-corrected chi connectivity index (χ1v) is 7.78. The molecule has 23 heavy (non-hydrogen) atoms. The summed E-state index contributed by atoms with van der Waals surface area (Å²) < 4.78 is 14.9. The summed E-state index contributed by atoms with van der Waals surface area (Å²) in [6.07, 6.45) is 4.44. The molecular formula is C17H22N2O4. The number of amides is 1. The molecule has 0 fully saturated rings. The molecule has 1 aromatic carbocycles. The van der Waals surface area contributed by atoms with Gasteiger partial charge in [0, 0.05) is 12.8 Å². The molecule has 2 heterocycles. The number of aromatic nitrogens is 1. The minimum Gasteiger partial charge on any atom is -0.447 e. The summed E-state index contributed by atoms with van der Waals surface area (Å²) in [4.78, 5) is 14.1. The summed E-state index contributed by atoms with van der Waals surface area (Å²) in [5, 5.41) is 2.37. The largest absolute Gasteiger partial charge is 0.447 e. The molecule has 0 spiro atoms. The molecule has 0 saturated carbocycles. The maximum Gasteiger partial charge on any atom is 0.404 e. The second-order valence-electron chi connectivity index (χ2n) is 5.06. The zero-order chi connectivity index (χ0) is 16.5. The molecule has 0 aliphatic carbocycles. The molecule has 2 N–H and O–H groups in total. The Bertz CT molecular complexity index is 609. The number of nitrogens with zero attached hydrogens (tertiary/aromatic N) is 1. The van der Waals surface area contributed by atoms with E-state index in [1.54, 1.807) is 6.20 Å². The number of ether oxygens (including phenoxy) is 3. The van der Waals surface area contributed by atoms with E-state index in [1.807, 2.05) is 18.2 Å². The van der Waals surface area contributed by atoms with Crippen molar-refractivity contribution in [1.82, 2.24) is 4.98 Å². The van der Waals surface area contributed by atoms with Crippen LogP contribution in [0.2, 0.25) is 0 Å². The molecule has 6 heteroatoms. The van der Waals surface area contributed by atoms with E-state index in [9.17, 15) is 4.79 Å². The van der Waals surface area contributed by atoms with E-state index in [4.69, 9.17) is 15.2 Å². The number of hydrogen-bond donors (Lipinski definition) is 1. The predicted octanol–water partition coefficient (Wildman–Crippen LogP) is 3.63. The van der Waals surface area contributed by atoms with Gasteiger partial charge in [0.05, 0.1) is 12.0 Å². The maximum absolute atomic E-state index is 10.1. The fourth-order valence-corrected chi connectivity index (χ4v) is 2.14. The third-order valence-electron chi connectivity index (χ3n) is 3.29. The fraction of sp³-hybridized carbons (Fsp3) is 0.412. The van der Waals surface area contributed by atoms with Gasteiger partial charge < -0.3 is 19.9 Å². The summed E-state index contributed by atoms with van der Waals surface area (Å²) in [6, 6.07) is 8.00. The lowest BCUT2D eigenvalue weighted by Crippen LogP contribution is -2.16. The standard InChI is InChI=1S/C9H5NO.C8H17NO3/c1-2-6-4-5-10-9-8(6)7(3-1)11-9;1-2-3-4-5-11-6-7-12-8(9)10/h1-5H;2-7H2,1H3,(H2,9,10). The van der Waals surface area contributed by atoms with Gasteiger partial charge in [0.2, 0.25) is 5.88 Å². The van der Waals surface area contributed by atoms with Crippen molar-refractivity contribution in [2.75, 3.05) is 19.8 Å². The van der Waals surface area contributed by atoms with E-state index in [-0.39, 0.29) is 6.61 Å². The first-order valence-electron chi connectivity index (χ1n) is 7.78. The van der Waals surface area contributed by atoms with Crippen LogP contribution < -0.4 is 10.5 Å². The zero-order valence-corrected chi connectivity index (χ0v) is 13.3. The van der Waals surface area contributed by atoms with Crippen molar-refractivity contribution in [3.05, 3.63) is 30.5 Å². The van der Waals surface area contributed by atoms with Gasteiger partial charge in [0.1, 0.15) is 12.4 Å². The Kier molecular flexibility index (Phi) is 6.62. The number of nitrogens with two attached hydrogens (primary N) is 1. The molecule has 0 bridgehead atoms. The average Bonchev–Trinajstić information content (AvgIpc) is 2.53. The highest BCUT2D eigenvalue weighted by molar-refractivity contribution is 5.96. The van der Waals surface area contributed by atoms with Crippen LogP contribution in [-0.4, -0.2) is 30.9 Å². The lowest BCUT2D eigenvalue weighted by molar-refractivity contribution is 0.0747. The highest BCUT2D eigenvalue weighted by Crippen LogP contribution is 2.43. The Morgan fingerprint density at radius 2 is 2.09 bits per heavy atom. The van der Waals surface area contributed by atoms with Crippen LogP contribution in [0.25, 0.3) is 10.8 Å². The molecule has 124 valence electrons. The van der Waals surface area contributed by atoms with E-state index >= 15 is 0 Å². The van der Waals surface area contributed by atoms with Crippen molar-refractivity contribution in [2.24, 2.45) is 5.73 Å². The van der Waals surface area contributed by atoms with Crippen LogP contribution in [0.1, 0.15) is 26.2 Å². The molecular weight excluding hydrogens is 296 g/mol. The Balaban J connectivity index is 0.000000167. The van der Waals surface area contributed by atoms with Crippen LogP contribution in [0.3, 0.4) is 0 Å². The molecule has 0 unspecified atom stereocenters. The van der Waals surface area contributed by atoms with Crippen molar-refractivity contribution in [1.29, 1.82) is 0 Å². The van der Waals surface area contributed by atoms with Gasteiger partial charge in [0.15, 0.2) is 0 Å². The van der Waals surface area contributed by atoms with Gasteiger partial charge in [-0.1, -0.05) is 31.9 Å². The monoisotopic (exact) mass is 318 g/mol. The SMILES string of the molecule is CCCCCOCCOC(N)=O.c1cc2c3c(nccc3c1)O2. The van der Waals surface area contributed by atoms with Crippen LogP contribution in [0.4, 0.5) is 4.79 Å². The summed E-state index contributed by atoms with van der Waals surface area (Å²) in [6.45, 7) is 3.56. The van der Waals surface area contributed by atoms with Crippen LogP contribution in [-0.2, 0) is 9.47 Å². The van der Waals surface area contributed by atoms with Gasteiger partial charge in [-0.05, 0) is 23.9 Å². The average molecular weight is 318 g/mol. The highest BCUT2D eigenvalue weighted by atomic mass is 16.6. The Labute approximate surface area is 135 Å². The molecule has 1 amide bonds. The van der Waals surface area contributed by atoms with E-state index in [0.717, 1.165) is 30.0 Å². The number of unbranched alkanes of at least 4 members (excludes halogenated alkanes) is 2. The van der Waals surface area contributed by atoms with Crippen molar-refractivity contribution < 1.29 is 19.0 Å². The topological polar surface area (TPSA) is 83.7 Å². The lowest BCUT2D eigenvalue weighted by atomic mass is 10.1. The molecule has 1 aromatic heterocycles. The number of carbonyl (C=O) groups excluding carboxylic acids is 1. The van der Waals surface area contributed by atoms with Gasteiger partial charge in [-0.25, -0.2) is 9.78 Å². The molecule has 0 radical (unpaired) electrons. The van der Waals surface area contributed by atoms with Gasteiger partial charge in [-0.2, -0.15) is 0 Å². The molecule has 2 aromatic rings. The number of hydrogen-bond acceptors (Lipinski definition) is 5. The van der Waals surface area contributed by atoms with E-state index in [0.29, 0.717) is 6.61 Å². The summed E-state index contributed by atoms with van der Waals surface area (Å²) in [5.41, 5.74) is 4.74. The van der Waals surface area contributed by atoms with Crippen molar-refractivity contribution >= 4 is 16.9 Å². The lowest BCUT2D eigenvalue weighted by Gasteiger charge is -2.18. The third kappa shape index (κ3) is 5.10. The number of carbonyl (C=O) groups is 1. The minimum absolute atomic E-state index is 0.251. The number of rotatable bonds is 7. The first kappa shape index (κ1) is 17.0. The summed E-state index contributed by atoms with van der Waals surface area (Å²) in [7, 11) is 0. The Hall–Kier alpha value is -2.34. The quantitative estimate of drug-likeness (QED) is 0.672. The third-order valence-corrected chi connectivity index (χ3v) is 3.29. The van der Waals surface area contributed by atoms with Gasteiger partial charge >= 0.3 is 6.09 Å². The van der Waals surface area contributed by atoms with Crippen molar-refractivity contribution in [3.8, 4) is 11.6 Å². The Morgan fingerprint density at radius 3 is 2.83 bits per heavy atom. The molecule has 3 rings (SSSR count). The summed E-state index contributed by atoms with van der Waals surface area (Å²) >= 11 is 0. The van der Waals surface area contributed by atoms with Gasteiger partial charge in [-0.3, -0.25) is 0 Å². The van der Waals surface area contributed by atoms with E-state index in [1.165, 1.54) is 18.2 Å². The smallest absolute Gasteiger partial charge is 0.404 e. The molecule has 0 saturated heterocycles. The Morgan fingerprint density at radius 1 is 1.22 bits per heavy atom. The maximum atomic E-state index is 10.1. The normalized spacial score (nSPS) is 11.0. The number of pyridine rings is 1. The second-order valence-corrected chi connectivity index (χ2v) is 5.06. The minimum atomic E-state index is -0.743. The van der Waals surface area contributed by atoms with Gasteiger partial charge in [0.25, 0.3) is 0 Å². The second kappa shape index (κ2) is 8.95. The molecule has 6 nitrogen and oxygen atoms in total. The number of benzene rings is 1. The summed E-state index contributed by atoms with van der Waals surface area (Å²) in [5.74, 6) is 1.71. The molecule has 1 aliphatic heterocycles. The van der Waals surface area contributed by atoms with Crippen molar-refractivity contribution in [2.45, 2.75) is 26.2 Å². The van der Waals surface area contributed by atoms with Crippen LogP contribution in [0.15, 0.2) is 30.5 Å².